The van der Waals surface area contributed by atoms with Gasteiger partial charge in [0.25, 0.3) is 0 Å². The fourth-order valence-corrected chi connectivity index (χ4v) is 2.52. The van der Waals surface area contributed by atoms with Crippen molar-refractivity contribution in [2.45, 2.75) is 19.8 Å². The monoisotopic (exact) mass is 325 g/mol. The molecule has 0 aliphatic heterocycles. The first kappa shape index (κ1) is 15.9. The van der Waals surface area contributed by atoms with E-state index in [0.717, 1.165) is 5.69 Å². The van der Waals surface area contributed by atoms with Gasteiger partial charge in [-0.1, -0.05) is 26.0 Å². The number of carboxylic acids is 1. The zero-order chi connectivity index (χ0) is 17.3. The number of hydrogen-bond acceptors (Lipinski definition) is 4. The van der Waals surface area contributed by atoms with Crippen LogP contribution < -0.4 is 10.1 Å². The first-order chi connectivity index (χ1) is 11.5. The van der Waals surface area contributed by atoms with Crippen LogP contribution in [0.4, 0.5) is 11.6 Å². The van der Waals surface area contributed by atoms with Crippen LogP contribution in [0.1, 0.15) is 35.7 Å². The lowest BCUT2D eigenvalue weighted by molar-refractivity contribution is 0.0693. The van der Waals surface area contributed by atoms with Gasteiger partial charge in [-0.3, -0.25) is 0 Å². The van der Waals surface area contributed by atoms with Crippen molar-refractivity contribution in [2.24, 2.45) is 0 Å². The van der Waals surface area contributed by atoms with E-state index < -0.39 is 5.97 Å². The van der Waals surface area contributed by atoms with Crippen LogP contribution in [0.25, 0.3) is 11.0 Å². The van der Waals surface area contributed by atoms with E-state index >= 15 is 0 Å². The molecule has 0 unspecified atom stereocenters. The summed E-state index contributed by atoms with van der Waals surface area (Å²) in [6, 6.07) is 11.3. The summed E-state index contributed by atoms with van der Waals surface area (Å²) < 4.78 is 5.13. The number of anilines is 2. The number of H-pyrrole nitrogens is 1. The predicted molar refractivity (Wildman–Crippen MR) is 93.4 cm³/mol. The van der Waals surface area contributed by atoms with Gasteiger partial charge in [-0.15, -0.1) is 0 Å². The number of hydrogen-bond donors (Lipinski definition) is 3. The van der Waals surface area contributed by atoms with Crippen molar-refractivity contribution in [3.63, 3.8) is 0 Å². The van der Waals surface area contributed by atoms with Gasteiger partial charge in [0.1, 0.15) is 11.3 Å². The predicted octanol–water partition coefficient (Wildman–Crippen LogP) is 4.14. The highest BCUT2D eigenvalue weighted by atomic mass is 16.5. The molecule has 1 aromatic heterocycles. The van der Waals surface area contributed by atoms with Crippen molar-refractivity contribution in [3.05, 3.63) is 47.5 Å². The molecule has 3 aromatic rings. The van der Waals surface area contributed by atoms with Crippen LogP contribution >= 0.6 is 0 Å². The molecule has 0 amide bonds. The van der Waals surface area contributed by atoms with E-state index in [9.17, 15) is 9.90 Å². The molecule has 24 heavy (non-hydrogen) atoms. The Morgan fingerprint density at radius 2 is 1.96 bits per heavy atom. The average Bonchev–Trinajstić information content (AvgIpc) is 2.95. The average molecular weight is 325 g/mol. The third-order valence-corrected chi connectivity index (χ3v) is 3.87. The topological polar surface area (TPSA) is 87.2 Å². The van der Waals surface area contributed by atoms with Gasteiger partial charge < -0.3 is 20.1 Å². The molecule has 0 atom stereocenters. The molecule has 0 bridgehead atoms. The molecule has 1 heterocycles. The smallest absolute Gasteiger partial charge is 0.339 e. The molecule has 6 nitrogen and oxygen atoms in total. The number of methoxy groups -OCH3 is 1. The molecule has 2 aromatic carbocycles. The summed E-state index contributed by atoms with van der Waals surface area (Å²) >= 11 is 0. The Hall–Kier alpha value is -3.02. The van der Waals surface area contributed by atoms with Crippen LogP contribution in [0.15, 0.2) is 36.4 Å². The van der Waals surface area contributed by atoms with Crippen molar-refractivity contribution in [3.8, 4) is 5.75 Å². The number of rotatable bonds is 5. The highest BCUT2D eigenvalue weighted by Crippen LogP contribution is 2.27. The summed E-state index contributed by atoms with van der Waals surface area (Å²) in [5, 5.41) is 12.4. The number of nitrogens with zero attached hydrogens (tertiary/aromatic N) is 1. The Morgan fingerprint density at radius 3 is 2.54 bits per heavy atom. The number of aromatic carboxylic acids is 1. The van der Waals surface area contributed by atoms with Gasteiger partial charge in [0.05, 0.1) is 18.1 Å². The second-order valence-electron chi connectivity index (χ2n) is 5.86. The van der Waals surface area contributed by atoms with Crippen molar-refractivity contribution in [1.29, 1.82) is 0 Å². The zero-order valence-corrected chi connectivity index (χ0v) is 13.8. The molecule has 3 rings (SSSR count). The number of fused-ring (bicyclic) bond motifs is 1. The molecule has 124 valence electrons. The van der Waals surface area contributed by atoms with Crippen LogP contribution in [-0.4, -0.2) is 28.2 Å². The van der Waals surface area contributed by atoms with Crippen molar-refractivity contribution >= 4 is 28.6 Å². The van der Waals surface area contributed by atoms with E-state index in [2.05, 4.69) is 41.3 Å². The fourth-order valence-electron chi connectivity index (χ4n) is 2.52. The summed E-state index contributed by atoms with van der Waals surface area (Å²) in [4.78, 5) is 18.8. The van der Waals surface area contributed by atoms with Gasteiger partial charge in [0, 0.05) is 11.8 Å². The van der Waals surface area contributed by atoms with Gasteiger partial charge in [-0.25, -0.2) is 9.78 Å². The van der Waals surface area contributed by atoms with Crippen LogP contribution in [0.5, 0.6) is 5.75 Å². The summed E-state index contributed by atoms with van der Waals surface area (Å²) in [7, 11) is 1.44. The maximum Gasteiger partial charge on any atom is 0.339 e. The maximum atomic E-state index is 11.3. The number of nitrogens with one attached hydrogen (secondary N) is 2. The standard InChI is InChI=1S/C18H19N3O3/c1-10(2)11-4-6-12(7-5-11)19-18-20-14-8-13(17(22)23)16(24-3)9-15(14)21-18/h4-10H,1-3H3,(H,22,23)(H2,19,20,21). The molecule has 0 saturated carbocycles. The minimum atomic E-state index is -1.05. The normalized spacial score (nSPS) is 11.0. The molecule has 0 saturated heterocycles. The second-order valence-corrected chi connectivity index (χ2v) is 5.86. The third kappa shape index (κ3) is 3.03. The van der Waals surface area contributed by atoms with Crippen molar-refractivity contribution in [1.82, 2.24) is 9.97 Å². The van der Waals surface area contributed by atoms with Crippen LogP contribution in [0, 0.1) is 0 Å². The van der Waals surface area contributed by atoms with E-state index in [1.807, 2.05) is 12.1 Å². The Morgan fingerprint density at radius 1 is 1.25 bits per heavy atom. The van der Waals surface area contributed by atoms with Gasteiger partial charge in [-0.05, 0) is 29.7 Å². The Balaban J connectivity index is 1.91. The minimum absolute atomic E-state index is 0.0873. The lowest BCUT2D eigenvalue weighted by Crippen LogP contribution is -2.00. The van der Waals surface area contributed by atoms with Crippen LogP contribution in [0.3, 0.4) is 0 Å². The number of imidazole rings is 1. The van der Waals surface area contributed by atoms with Crippen LogP contribution in [-0.2, 0) is 0 Å². The van der Waals surface area contributed by atoms with E-state index in [-0.39, 0.29) is 5.56 Å². The number of ether oxygens (including phenoxy) is 1. The number of benzene rings is 2. The second kappa shape index (κ2) is 6.23. The SMILES string of the molecule is COc1cc2[nH]c(Nc3ccc(C(C)C)cc3)nc2cc1C(=O)O. The number of aromatic amines is 1. The highest BCUT2D eigenvalue weighted by molar-refractivity contribution is 5.96. The number of carboxylic acid groups (broad SMARTS) is 1. The Labute approximate surface area is 139 Å². The Kier molecular flexibility index (Phi) is 4.12. The molecule has 3 N–H and O–H groups in total. The minimum Gasteiger partial charge on any atom is -0.496 e. The largest absolute Gasteiger partial charge is 0.496 e. The Bertz CT molecular complexity index is 882. The van der Waals surface area contributed by atoms with E-state index in [1.54, 1.807) is 6.07 Å². The summed E-state index contributed by atoms with van der Waals surface area (Å²) in [5.41, 5.74) is 3.53. The maximum absolute atomic E-state index is 11.3. The quantitative estimate of drug-likeness (QED) is 0.656. The molecular formula is C18H19N3O3. The van der Waals surface area contributed by atoms with Gasteiger partial charge in [0.15, 0.2) is 0 Å². The van der Waals surface area contributed by atoms with Crippen molar-refractivity contribution in [2.75, 3.05) is 12.4 Å². The summed E-state index contributed by atoms with van der Waals surface area (Å²) in [6.07, 6.45) is 0. The molecule has 0 aliphatic rings. The lowest BCUT2D eigenvalue weighted by Gasteiger charge is -2.07. The summed E-state index contributed by atoms with van der Waals surface area (Å²) in [5.74, 6) is 0.279. The van der Waals surface area contributed by atoms with Gasteiger partial charge in [0.2, 0.25) is 5.95 Å². The van der Waals surface area contributed by atoms with Gasteiger partial charge in [-0.2, -0.15) is 0 Å². The van der Waals surface area contributed by atoms with Crippen molar-refractivity contribution < 1.29 is 14.6 Å². The van der Waals surface area contributed by atoms with E-state index in [4.69, 9.17) is 4.74 Å². The van der Waals surface area contributed by atoms with Gasteiger partial charge >= 0.3 is 5.97 Å². The first-order valence-corrected chi connectivity index (χ1v) is 7.66. The lowest BCUT2D eigenvalue weighted by atomic mass is 10.0. The molecule has 0 aliphatic carbocycles. The molecule has 0 fully saturated rings. The zero-order valence-electron chi connectivity index (χ0n) is 13.8. The molecule has 6 heteroatoms. The number of carbonyl (C=O) groups is 1. The fraction of sp³-hybridized carbons (Fsp3) is 0.222. The third-order valence-electron chi connectivity index (χ3n) is 3.87. The molecular weight excluding hydrogens is 306 g/mol. The van der Waals surface area contributed by atoms with E-state index in [0.29, 0.717) is 28.6 Å². The molecule has 0 radical (unpaired) electrons. The highest BCUT2D eigenvalue weighted by Gasteiger charge is 2.14. The number of aromatic nitrogens is 2. The summed E-state index contributed by atoms with van der Waals surface area (Å²) in [6.45, 7) is 4.30. The van der Waals surface area contributed by atoms with Crippen LogP contribution in [0.2, 0.25) is 0 Å². The van der Waals surface area contributed by atoms with E-state index in [1.165, 1.54) is 18.7 Å². The first-order valence-electron chi connectivity index (χ1n) is 7.66. The molecule has 0 spiro atoms.